The van der Waals surface area contributed by atoms with Crippen molar-refractivity contribution in [1.29, 1.82) is 0 Å². The fraction of sp³-hybridized carbons (Fsp3) is 0.474. The third-order valence-corrected chi connectivity index (χ3v) is 5.64. The summed E-state index contributed by atoms with van der Waals surface area (Å²) in [5.41, 5.74) is 1.00. The molecule has 2 aromatic rings. The van der Waals surface area contributed by atoms with Crippen LogP contribution in [0.3, 0.4) is 0 Å². The first-order valence-corrected chi connectivity index (χ1v) is 10.3. The van der Waals surface area contributed by atoms with Crippen molar-refractivity contribution in [3.63, 3.8) is 0 Å². The molecule has 1 saturated carbocycles. The molecule has 0 saturated heterocycles. The van der Waals surface area contributed by atoms with Crippen molar-refractivity contribution in [3.8, 4) is 0 Å². The molecule has 0 spiro atoms. The summed E-state index contributed by atoms with van der Waals surface area (Å²) in [4.78, 5) is 26.0. The van der Waals surface area contributed by atoms with Gasteiger partial charge in [0.05, 0.1) is 12.2 Å². The van der Waals surface area contributed by atoms with Gasteiger partial charge in [0.1, 0.15) is 0 Å². The monoisotopic (exact) mass is 403 g/mol. The van der Waals surface area contributed by atoms with Gasteiger partial charge in [-0.25, -0.2) is 9.59 Å². The molecular formula is C19H25N5O3S. The lowest BCUT2D eigenvalue weighted by Gasteiger charge is -2.30. The Bertz CT molecular complexity index is 802. The van der Waals surface area contributed by atoms with E-state index in [1.165, 1.54) is 43.4 Å². The van der Waals surface area contributed by atoms with Crippen LogP contribution in [-0.4, -0.2) is 41.9 Å². The zero-order chi connectivity index (χ0) is 19.9. The molecule has 150 valence electrons. The smallest absolute Gasteiger partial charge is 0.338 e. The van der Waals surface area contributed by atoms with Crippen molar-refractivity contribution in [2.24, 2.45) is 0 Å². The van der Waals surface area contributed by atoms with Crippen LogP contribution in [-0.2, 0) is 4.74 Å². The van der Waals surface area contributed by atoms with Gasteiger partial charge in [0, 0.05) is 18.8 Å². The molecule has 0 atom stereocenters. The van der Waals surface area contributed by atoms with Crippen molar-refractivity contribution >= 4 is 39.3 Å². The summed E-state index contributed by atoms with van der Waals surface area (Å²) in [7, 11) is 2.03. The molecule has 1 aromatic heterocycles. The number of amides is 2. The topological polar surface area (TPSA) is 96.4 Å². The van der Waals surface area contributed by atoms with E-state index in [9.17, 15) is 9.59 Å². The number of hydrogen-bond donors (Lipinski definition) is 2. The van der Waals surface area contributed by atoms with Crippen LogP contribution in [0.15, 0.2) is 24.3 Å². The minimum absolute atomic E-state index is 0.320. The number of hydrogen-bond acceptors (Lipinski definition) is 7. The van der Waals surface area contributed by atoms with E-state index in [1.807, 2.05) is 7.05 Å². The van der Waals surface area contributed by atoms with Crippen LogP contribution >= 0.6 is 11.3 Å². The quantitative estimate of drug-likeness (QED) is 0.704. The van der Waals surface area contributed by atoms with Gasteiger partial charge in [0.25, 0.3) is 0 Å². The van der Waals surface area contributed by atoms with E-state index >= 15 is 0 Å². The molecule has 0 radical (unpaired) electrons. The number of ether oxygens (including phenoxy) is 1. The Morgan fingerprint density at radius 1 is 1.14 bits per heavy atom. The third-order valence-electron chi connectivity index (χ3n) is 4.71. The summed E-state index contributed by atoms with van der Waals surface area (Å²) >= 11 is 1.36. The molecule has 28 heavy (non-hydrogen) atoms. The molecule has 0 aliphatic heterocycles. The fourth-order valence-corrected chi connectivity index (χ4v) is 3.97. The largest absolute Gasteiger partial charge is 0.462 e. The molecule has 1 heterocycles. The Morgan fingerprint density at radius 3 is 2.54 bits per heavy atom. The van der Waals surface area contributed by atoms with Gasteiger partial charge in [0.15, 0.2) is 0 Å². The highest BCUT2D eigenvalue weighted by Gasteiger charge is 2.21. The molecular weight excluding hydrogens is 378 g/mol. The summed E-state index contributed by atoms with van der Waals surface area (Å²) in [6.45, 7) is 2.07. The van der Waals surface area contributed by atoms with Crippen LogP contribution < -0.4 is 15.5 Å². The zero-order valence-corrected chi connectivity index (χ0v) is 16.9. The highest BCUT2D eigenvalue weighted by molar-refractivity contribution is 7.19. The van der Waals surface area contributed by atoms with Crippen LogP contribution in [0, 0.1) is 0 Å². The van der Waals surface area contributed by atoms with Gasteiger partial charge in [-0.3, -0.25) is 5.32 Å². The number of nitrogens with one attached hydrogen (secondary N) is 2. The van der Waals surface area contributed by atoms with E-state index < -0.39 is 6.03 Å². The van der Waals surface area contributed by atoms with E-state index in [0.717, 1.165) is 5.13 Å². The standard InChI is InChI=1S/C19H25N5O3S/c1-3-27-16(25)13-9-11-14(12-10-13)20-17(26)21-18-22-23-19(28-18)24(2)15-7-5-4-6-8-15/h9-12,15H,3-8H2,1-2H3,(H2,20,21,22,26). The number of carbonyl (C=O) groups is 2. The van der Waals surface area contributed by atoms with Crippen molar-refractivity contribution < 1.29 is 14.3 Å². The molecule has 2 N–H and O–H groups in total. The van der Waals surface area contributed by atoms with Gasteiger partial charge in [-0.05, 0) is 44.0 Å². The van der Waals surface area contributed by atoms with Gasteiger partial charge in [-0.1, -0.05) is 30.6 Å². The molecule has 2 amide bonds. The van der Waals surface area contributed by atoms with Crippen molar-refractivity contribution in [3.05, 3.63) is 29.8 Å². The van der Waals surface area contributed by atoms with Crippen LogP contribution in [0.25, 0.3) is 0 Å². The second-order valence-electron chi connectivity index (χ2n) is 6.67. The van der Waals surface area contributed by atoms with Gasteiger partial charge in [-0.2, -0.15) is 0 Å². The lowest BCUT2D eigenvalue weighted by Crippen LogP contribution is -2.33. The number of nitrogens with zero attached hydrogens (tertiary/aromatic N) is 3. The predicted octanol–water partition coefficient (Wildman–Crippen LogP) is 4.13. The van der Waals surface area contributed by atoms with Crippen LogP contribution in [0.5, 0.6) is 0 Å². The van der Waals surface area contributed by atoms with Crippen molar-refractivity contribution in [2.45, 2.75) is 45.1 Å². The van der Waals surface area contributed by atoms with E-state index in [2.05, 4.69) is 25.7 Å². The highest BCUT2D eigenvalue weighted by atomic mass is 32.1. The first-order valence-electron chi connectivity index (χ1n) is 9.48. The van der Waals surface area contributed by atoms with Crippen LogP contribution in [0.1, 0.15) is 49.4 Å². The molecule has 1 fully saturated rings. The molecule has 1 aromatic carbocycles. The minimum Gasteiger partial charge on any atom is -0.462 e. The Hall–Kier alpha value is -2.68. The second-order valence-corrected chi connectivity index (χ2v) is 7.63. The predicted molar refractivity (Wildman–Crippen MR) is 110 cm³/mol. The first kappa shape index (κ1) is 20.1. The maximum absolute atomic E-state index is 12.2. The normalized spacial score (nSPS) is 14.4. The summed E-state index contributed by atoms with van der Waals surface area (Å²) in [6, 6.07) is 6.58. The van der Waals surface area contributed by atoms with Gasteiger partial charge >= 0.3 is 12.0 Å². The van der Waals surface area contributed by atoms with Gasteiger partial charge in [0.2, 0.25) is 10.3 Å². The SMILES string of the molecule is CCOC(=O)c1ccc(NC(=O)Nc2nnc(N(C)C3CCCCC3)s2)cc1. The van der Waals surface area contributed by atoms with E-state index in [0.29, 0.717) is 29.0 Å². The molecule has 0 unspecified atom stereocenters. The van der Waals surface area contributed by atoms with E-state index in [-0.39, 0.29) is 5.97 Å². The van der Waals surface area contributed by atoms with Crippen molar-refractivity contribution in [2.75, 3.05) is 29.2 Å². The minimum atomic E-state index is -0.410. The second kappa shape index (κ2) is 9.50. The lowest BCUT2D eigenvalue weighted by molar-refractivity contribution is 0.0526. The number of urea groups is 1. The summed E-state index contributed by atoms with van der Waals surface area (Å²) in [5, 5.41) is 14.9. The average molecular weight is 404 g/mol. The molecule has 0 bridgehead atoms. The number of anilines is 3. The Balaban J connectivity index is 1.53. The van der Waals surface area contributed by atoms with Gasteiger partial charge in [-0.15, -0.1) is 10.2 Å². The fourth-order valence-electron chi connectivity index (χ4n) is 3.20. The molecule has 9 heteroatoms. The number of aromatic nitrogens is 2. The zero-order valence-electron chi connectivity index (χ0n) is 16.1. The van der Waals surface area contributed by atoms with Gasteiger partial charge < -0.3 is 15.0 Å². The van der Waals surface area contributed by atoms with Crippen LogP contribution in [0.4, 0.5) is 20.7 Å². The maximum Gasteiger partial charge on any atom is 0.338 e. The third kappa shape index (κ3) is 5.19. The molecule has 1 aliphatic carbocycles. The molecule has 1 aliphatic rings. The van der Waals surface area contributed by atoms with E-state index in [1.54, 1.807) is 31.2 Å². The maximum atomic E-state index is 12.2. The molecule has 3 rings (SSSR count). The lowest BCUT2D eigenvalue weighted by atomic mass is 9.95. The Kier molecular flexibility index (Phi) is 6.80. The highest BCUT2D eigenvalue weighted by Crippen LogP contribution is 2.29. The summed E-state index contributed by atoms with van der Waals surface area (Å²) < 4.78 is 4.94. The first-order chi connectivity index (χ1) is 13.6. The van der Waals surface area contributed by atoms with Crippen LogP contribution in [0.2, 0.25) is 0 Å². The van der Waals surface area contributed by atoms with E-state index in [4.69, 9.17) is 4.74 Å². The number of benzene rings is 1. The Labute approximate surface area is 168 Å². The Morgan fingerprint density at radius 2 is 1.86 bits per heavy atom. The summed E-state index contributed by atoms with van der Waals surface area (Å²) in [6.07, 6.45) is 6.13. The number of esters is 1. The van der Waals surface area contributed by atoms with Crippen molar-refractivity contribution in [1.82, 2.24) is 10.2 Å². The number of carbonyl (C=O) groups excluding carboxylic acids is 2. The number of rotatable bonds is 6. The summed E-state index contributed by atoms with van der Waals surface area (Å²) in [5.74, 6) is -0.387. The molecule has 8 nitrogen and oxygen atoms in total. The average Bonchev–Trinajstić information content (AvgIpc) is 3.17.